The van der Waals surface area contributed by atoms with Crippen LogP contribution < -0.4 is 0 Å². The molecule has 0 spiro atoms. The first-order chi connectivity index (χ1) is 5.22. The van der Waals surface area contributed by atoms with Gasteiger partial charge >= 0.3 is 5.97 Å². The smallest absolute Gasteiger partial charge is 0.308 e. The lowest BCUT2D eigenvalue weighted by Gasteiger charge is -2.06. The van der Waals surface area contributed by atoms with Crippen LogP contribution in [-0.2, 0) is 9.53 Å². The summed E-state index contributed by atoms with van der Waals surface area (Å²) >= 11 is 0. The number of hydrogen-bond acceptors (Lipinski definition) is 2. The van der Waals surface area contributed by atoms with E-state index in [4.69, 9.17) is 4.74 Å². The molecule has 2 heteroatoms. The van der Waals surface area contributed by atoms with Crippen molar-refractivity contribution in [2.75, 3.05) is 6.61 Å². The minimum absolute atomic E-state index is 0.0280. The van der Waals surface area contributed by atoms with Crippen LogP contribution in [0.3, 0.4) is 0 Å². The van der Waals surface area contributed by atoms with Gasteiger partial charge in [0.05, 0.1) is 5.92 Å². The number of rotatable bonds is 4. The van der Waals surface area contributed by atoms with Gasteiger partial charge in [-0.25, -0.2) is 0 Å². The summed E-state index contributed by atoms with van der Waals surface area (Å²) in [6.45, 7) is 6.15. The second-order valence-electron chi connectivity index (χ2n) is 2.51. The van der Waals surface area contributed by atoms with E-state index in [0.717, 1.165) is 6.42 Å². The number of allylic oxidation sites excluding steroid dienone is 1. The maximum atomic E-state index is 11.0. The summed E-state index contributed by atoms with van der Waals surface area (Å²) in [4.78, 5) is 11.0. The molecule has 0 aromatic carbocycles. The summed E-state index contributed by atoms with van der Waals surface area (Å²) in [5.74, 6) is -0.0779. The highest BCUT2D eigenvalue weighted by Gasteiger charge is 2.09. The molecule has 0 aromatic heterocycles. The Kier molecular flexibility index (Phi) is 5.53. The Bertz CT molecular complexity index is 138. The maximum Gasteiger partial charge on any atom is 0.308 e. The van der Waals surface area contributed by atoms with Gasteiger partial charge in [0.25, 0.3) is 0 Å². The van der Waals surface area contributed by atoms with Crippen LogP contribution in [0.4, 0.5) is 0 Å². The molecule has 1 atom stereocenters. The van der Waals surface area contributed by atoms with Crippen molar-refractivity contribution in [3.8, 4) is 0 Å². The Balaban J connectivity index is 3.52. The van der Waals surface area contributed by atoms with Crippen LogP contribution in [0.25, 0.3) is 0 Å². The molecule has 0 saturated heterocycles. The van der Waals surface area contributed by atoms with E-state index in [-0.39, 0.29) is 11.9 Å². The van der Waals surface area contributed by atoms with Crippen molar-refractivity contribution in [1.82, 2.24) is 0 Å². The van der Waals surface area contributed by atoms with E-state index >= 15 is 0 Å². The number of carbonyl (C=O) groups excluding carboxylic acids is 1. The van der Waals surface area contributed by atoms with E-state index in [9.17, 15) is 4.79 Å². The summed E-state index contributed by atoms with van der Waals surface area (Å²) in [6.07, 6.45) is 4.53. The molecule has 0 radical (unpaired) electrons. The van der Waals surface area contributed by atoms with E-state index in [1.54, 1.807) is 0 Å². The van der Waals surface area contributed by atoms with Crippen LogP contribution in [0, 0.1) is 5.92 Å². The van der Waals surface area contributed by atoms with Gasteiger partial charge in [-0.15, -0.1) is 0 Å². The van der Waals surface area contributed by atoms with Crippen molar-refractivity contribution in [3.05, 3.63) is 12.2 Å². The first-order valence-corrected chi connectivity index (χ1v) is 4.00. The Morgan fingerprint density at radius 3 is 2.73 bits per heavy atom. The molecule has 0 aliphatic rings. The molecular weight excluding hydrogens is 140 g/mol. The molecule has 0 heterocycles. The van der Waals surface area contributed by atoms with Gasteiger partial charge in [-0.3, -0.25) is 4.79 Å². The van der Waals surface area contributed by atoms with Crippen LogP contribution >= 0.6 is 0 Å². The Labute approximate surface area is 68.2 Å². The third kappa shape index (κ3) is 4.59. The lowest BCUT2D eigenvalue weighted by molar-refractivity contribution is -0.146. The van der Waals surface area contributed by atoms with Gasteiger partial charge in [0.2, 0.25) is 0 Å². The van der Waals surface area contributed by atoms with E-state index in [1.165, 1.54) is 0 Å². The van der Waals surface area contributed by atoms with Crippen LogP contribution in [0.1, 0.15) is 27.2 Å². The van der Waals surface area contributed by atoms with Crippen molar-refractivity contribution in [2.24, 2.45) is 5.92 Å². The molecule has 2 nitrogen and oxygen atoms in total. The van der Waals surface area contributed by atoms with Gasteiger partial charge < -0.3 is 4.74 Å². The molecular formula is C9H16O2. The average Bonchev–Trinajstić information content (AvgIpc) is 2.03. The quantitative estimate of drug-likeness (QED) is 0.460. The van der Waals surface area contributed by atoms with E-state index in [2.05, 4.69) is 0 Å². The van der Waals surface area contributed by atoms with Crippen LogP contribution in [0.2, 0.25) is 0 Å². The predicted molar refractivity (Wildman–Crippen MR) is 45.2 cm³/mol. The lowest BCUT2D eigenvalue weighted by Crippen LogP contribution is -2.13. The van der Waals surface area contributed by atoms with Gasteiger partial charge in [-0.1, -0.05) is 26.0 Å². The van der Waals surface area contributed by atoms with Crippen molar-refractivity contribution >= 4 is 5.97 Å². The monoisotopic (exact) mass is 156 g/mol. The summed E-state index contributed by atoms with van der Waals surface area (Å²) in [7, 11) is 0. The summed E-state index contributed by atoms with van der Waals surface area (Å²) < 4.78 is 4.91. The Morgan fingerprint density at radius 2 is 2.27 bits per heavy atom. The minimum Gasteiger partial charge on any atom is -0.461 e. The molecule has 0 bridgehead atoms. The zero-order valence-electron chi connectivity index (χ0n) is 7.46. The first kappa shape index (κ1) is 10.2. The highest BCUT2D eigenvalue weighted by atomic mass is 16.5. The molecule has 0 aromatic rings. The third-order valence-corrected chi connectivity index (χ3v) is 1.57. The van der Waals surface area contributed by atoms with Crippen molar-refractivity contribution in [1.29, 1.82) is 0 Å². The summed E-state index contributed by atoms with van der Waals surface area (Å²) in [6, 6.07) is 0. The number of esters is 1. The molecule has 0 fully saturated rings. The number of ether oxygens (including phenoxy) is 1. The Hall–Kier alpha value is -0.790. The molecule has 0 aliphatic carbocycles. The number of carbonyl (C=O) groups is 1. The topological polar surface area (TPSA) is 26.3 Å². The molecule has 1 unspecified atom stereocenters. The Morgan fingerprint density at radius 1 is 1.64 bits per heavy atom. The fraction of sp³-hybridized carbons (Fsp3) is 0.667. The van der Waals surface area contributed by atoms with Gasteiger partial charge in [0.1, 0.15) is 6.61 Å². The zero-order valence-corrected chi connectivity index (χ0v) is 7.46. The lowest BCUT2D eigenvalue weighted by atomic mass is 10.1. The van der Waals surface area contributed by atoms with Gasteiger partial charge in [-0.2, -0.15) is 0 Å². The molecule has 0 saturated carbocycles. The average molecular weight is 156 g/mol. The van der Waals surface area contributed by atoms with E-state index in [0.29, 0.717) is 6.61 Å². The highest BCUT2D eigenvalue weighted by Crippen LogP contribution is 2.02. The van der Waals surface area contributed by atoms with Crippen LogP contribution in [0.15, 0.2) is 12.2 Å². The minimum atomic E-state index is -0.106. The second kappa shape index (κ2) is 5.96. The number of hydrogen-bond donors (Lipinski definition) is 0. The van der Waals surface area contributed by atoms with Crippen molar-refractivity contribution in [3.63, 3.8) is 0 Å². The molecule has 0 N–H and O–H groups in total. The SMILES string of the molecule is C/C=C/COC(=O)C(C)CC. The van der Waals surface area contributed by atoms with Gasteiger partial charge in [-0.05, 0) is 13.3 Å². The van der Waals surface area contributed by atoms with Crippen molar-refractivity contribution in [2.45, 2.75) is 27.2 Å². The molecule has 11 heavy (non-hydrogen) atoms. The third-order valence-electron chi connectivity index (χ3n) is 1.57. The van der Waals surface area contributed by atoms with Crippen LogP contribution in [-0.4, -0.2) is 12.6 Å². The van der Waals surface area contributed by atoms with E-state index in [1.807, 2.05) is 32.9 Å². The fourth-order valence-corrected chi connectivity index (χ4v) is 0.535. The largest absolute Gasteiger partial charge is 0.461 e. The zero-order chi connectivity index (χ0) is 8.69. The van der Waals surface area contributed by atoms with Gasteiger partial charge in [0, 0.05) is 0 Å². The maximum absolute atomic E-state index is 11.0. The molecule has 0 aliphatic heterocycles. The second-order valence-corrected chi connectivity index (χ2v) is 2.51. The van der Waals surface area contributed by atoms with E-state index < -0.39 is 0 Å². The molecule has 64 valence electrons. The first-order valence-electron chi connectivity index (χ1n) is 4.00. The fourth-order valence-electron chi connectivity index (χ4n) is 0.535. The molecule has 0 amide bonds. The predicted octanol–water partition coefficient (Wildman–Crippen LogP) is 2.15. The normalized spacial score (nSPS) is 13.4. The van der Waals surface area contributed by atoms with Crippen LogP contribution in [0.5, 0.6) is 0 Å². The summed E-state index contributed by atoms with van der Waals surface area (Å²) in [5.41, 5.74) is 0. The highest BCUT2D eigenvalue weighted by molar-refractivity contribution is 5.71. The molecule has 0 rings (SSSR count). The van der Waals surface area contributed by atoms with Gasteiger partial charge in [0.15, 0.2) is 0 Å². The summed E-state index contributed by atoms with van der Waals surface area (Å²) in [5, 5.41) is 0. The van der Waals surface area contributed by atoms with Crippen molar-refractivity contribution < 1.29 is 9.53 Å². The standard InChI is InChI=1S/C9H16O2/c1-4-6-7-11-9(10)8(3)5-2/h4,6,8H,5,7H2,1-3H3/b6-4+.